The maximum absolute atomic E-state index is 12.4. The third-order valence-electron chi connectivity index (χ3n) is 3.76. The molecule has 0 fully saturated rings. The van der Waals surface area contributed by atoms with Gasteiger partial charge in [-0.15, -0.1) is 5.10 Å². The lowest BCUT2D eigenvalue weighted by molar-refractivity contribution is 0.102. The number of benzene rings is 2. The molecule has 8 heteroatoms. The van der Waals surface area contributed by atoms with Crippen LogP contribution in [0.2, 0.25) is 0 Å². The molecular weight excluding hydrogens is 414 g/mol. The van der Waals surface area contributed by atoms with Gasteiger partial charge in [-0.25, -0.2) is 0 Å². The van der Waals surface area contributed by atoms with Crippen LogP contribution in [0.15, 0.2) is 64.5 Å². The number of nitrogens with one attached hydrogen (secondary N) is 2. The standard InChI is InChI=1S/C18H12BrN5OS/c19-13-5-1-11(2-6-13)15-9-16(22-21-15)18(25)20-14-7-3-12(4-8-14)17-10-26-24-23-17/h1-10H,(H,20,25)(H,21,22). The third-order valence-corrected chi connectivity index (χ3v) is 4.79. The predicted octanol–water partition coefficient (Wildman–Crippen LogP) is 4.61. The zero-order valence-electron chi connectivity index (χ0n) is 13.3. The number of amides is 1. The highest BCUT2D eigenvalue weighted by Gasteiger charge is 2.11. The summed E-state index contributed by atoms with van der Waals surface area (Å²) in [5, 5.41) is 15.8. The van der Waals surface area contributed by atoms with E-state index in [1.165, 1.54) is 11.5 Å². The van der Waals surface area contributed by atoms with Crippen molar-refractivity contribution in [3.05, 3.63) is 70.1 Å². The second kappa shape index (κ2) is 7.19. The number of halogens is 1. The molecule has 0 saturated carbocycles. The van der Waals surface area contributed by atoms with E-state index in [9.17, 15) is 4.79 Å². The molecule has 128 valence electrons. The first kappa shape index (κ1) is 16.6. The van der Waals surface area contributed by atoms with Crippen LogP contribution in [0.5, 0.6) is 0 Å². The molecule has 0 saturated heterocycles. The summed E-state index contributed by atoms with van der Waals surface area (Å²) >= 11 is 4.71. The molecular formula is C18H12BrN5OS. The van der Waals surface area contributed by atoms with E-state index in [0.29, 0.717) is 17.1 Å². The van der Waals surface area contributed by atoms with Crippen LogP contribution in [0.4, 0.5) is 5.69 Å². The van der Waals surface area contributed by atoms with E-state index in [2.05, 4.69) is 41.0 Å². The van der Waals surface area contributed by atoms with E-state index in [1.807, 2.05) is 53.9 Å². The Kier molecular flexibility index (Phi) is 4.59. The number of aromatic nitrogens is 4. The zero-order chi connectivity index (χ0) is 17.9. The number of carbonyl (C=O) groups excluding carboxylic acids is 1. The number of hydrogen-bond acceptors (Lipinski definition) is 5. The highest BCUT2D eigenvalue weighted by Crippen LogP contribution is 2.22. The second-order valence-electron chi connectivity index (χ2n) is 5.50. The quantitative estimate of drug-likeness (QED) is 0.499. The molecule has 4 aromatic rings. The minimum absolute atomic E-state index is 0.246. The zero-order valence-corrected chi connectivity index (χ0v) is 15.7. The summed E-state index contributed by atoms with van der Waals surface area (Å²) in [5.74, 6) is -0.246. The molecule has 2 aromatic carbocycles. The van der Waals surface area contributed by atoms with Gasteiger partial charge in [-0.1, -0.05) is 44.7 Å². The summed E-state index contributed by atoms with van der Waals surface area (Å²) in [4.78, 5) is 12.4. The van der Waals surface area contributed by atoms with Crippen molar-refractivity contribution in [2.75, 3.05) is 5.32 Å². The first-order chi connectivity index (χ1) is 12.7. The summed E-state index contributed by atoms with van der Waals surface area (Å²) < 4.78 is 4.84. The Labute approximate surface area is 161 Å². The topological polar surface area (TPSA) is 83.6 Å². The van der Waals surface area contributed by atoms with Crippen molar-refractivity contribution in [1.82, 2.24) is 19.8 Å². The smallest absolute Gasteiger partial charge is 0.273 e. The lowest BCUT2D eigenvalue weighted by atomic mass is 10.1. The Morgan fingerprint density at radius 1 is 1.00 bits per heavy atom. The van der Waals surface area contributed by atoms with E-state index >= 15 is 0 Å². The predicted molar refractivity (Wildman–Crippen MR) is 105 cm³/mol. The van der Waals surface area contributed by atoms with Gasteiger partial charge in [-0.2, -0.15) is 5.10 Å². The van der Waals surface area contributed by atoms with Crippen molar-refractivity contribution in [1.29, 1.82) is 0 Å². The Hall–Kier alpha value is -2.84. The van der Waals surface area contributed by atoms with Gasteiger partial charge < -0.3 is 5.32 Å². The molecule has 6 nitrogen and oxygen atoms in total. The van der Waals surface area contributed by atoms with Crippen molar-refractivity contribution in [2.24, 2.45) is 0 Å². The average molecular weight is 426 g/mol. The molecule has 0 bridgehead atoms. The summed E-state index contributed by atoms with van der Waals surface area (Å²) in [7, 11) is 0. The van der Waals surface area contributed by atoms with Crippen molar-refractivity contribution in [3.8, 4) is 22.5 Å². The van der Waals surface area contributed by atoms with Crippen molar-refractivity contribution >= 4 is 39.1 Å². The number of carbonyl (C=O) groups is 1. The van der Waals surface area contributed by atoms with Gasteiger partial charge in [-0.3, -0.25) is 9.89 Å². The van der Waals surface area contributed by atoms with E-state index in [0.717, 1.165) is 21.3 Å². The summed E-state index contributed by atoms with van der Waals surface area (Å²) in [5.41, 5.74) is 4.52. The first-order valence-electron chi connectivity index (χ1n) is 7.69. The van der Waals surface area contributed by atoms with E-state index < -0.39 is 0 Å². The molecule has 0 radical (unpaired) electrons. The SMILES string of the molecule is O=C(Nc1ccc(-c2csnn2)cc1)c1cc(-c2ccc(Br)cc2)n[nH]1. The molecule has 26 heavy (non-hydrogen) atoms. The van der Waals surface area contributed by atoms with Crippen LogP contribution >= 0.6 is 27.5 Å². The lowest BCUT2D eigenvalue weighted by Gasteiger charge is -2.04. The molecule has 0 aliphatic carbocycles. The Balaban J connectivity index is 1.47. The van der Waals surface area contributed by atoms with Crippen molar-refractivity contribution < 1.29 is 4.79 Å². The number of rotatable bonds is 4. The fourth-order valence-corrected chi connectivity index (χ4v) is 3.15. The van der Waals surface area contributed by atoms with Crippen LogP contribution < -0.4 is 5.32 Å². The van der Waals surface area contributed by atoms with Gasteiger partial charge in [0.1, 0.15) is 11.4 Å². The van der Waals surface area contributed by atoms with Crippen LogP contribution in [-0.4, -0.2) is 25.7 Å². The normalized spacial score (nSPS) is 10.7. The largest absolute Gasteiger partial charge is 0.321 e. The van der Waals surface area contributed by atoms with Gasteiger partial charge in [0.25, 0.3) is 5.91 Å². The van der Waals surface area contributed by atoms with Gasteiger partial charge in [0.15, 0.2) is 0 Å². The Morgan fingerprint density at radius 3 is 2.38 bits per heavy atom. The maximum atomic E-state index is 12.4. The van der Waals surface area contributed by atoms with Crippen LogP contribution in [0, 0.1) is 0 Å². The minimum Gasteiger partial charge on any atom is -0.321 e. The first-order valence-corrected chi connectivity index (χ1v) is 9.32. The van der Waals surface area contributed by atoms with Gasteiger partial charge in [-0.05, 0) is 41.9 Å². The fraction of sp³-hybridized carbons (Fsp3) is 0. The summed E-state index contributed by atoms with van der Waals surface area (Å²) in [6.45, 7) is 0. The van der Waals surface area contributed by atoms with E-state index in [-0.39, 0.29) is 5.91 Å². The molecule has 0 aliphatic heterocycles. The van der Waals surface area contributed by atoms with Crippen molar-refractivity contribution in [2.45, 2.75) is 0 Å². The molecule has 0 unspecified atom stereocenters. The molecule has 0 spiro atoms. The Bertz CT molecular complexity index is 1030. The van der Waals surface area contributed by atoms with E-state index in [1.54, 1.807) is 6.07 Å². The van der Waals surface area contributed by atoms with Gasteiger partial charge in [0, 0.05) is 26.7 Å². The van der Waals surface area contributed by atoms with Crippen LogP contribution in [0.3, 0.4) is 0 Å². The number of aromatic amines is 1. The molecule has 2 heterocycles. The van der Waals surface area contributed by atoms with E-state index in [4.69, 9.17) is 0 Å². The molecule has 1 amide bonds. The minimum atomic E-state index is -0.246. The molecule has 4 rings (SSSR count). The maximum Gasteiger partial charge on any atom is 0.273 e. The number of H-pyrrole nitrogens is 1. The fourth-order valence-electron chi connectivity index (χ4n) is 2.42. The van der Waals surface area contributed by atoms with Crippen LogP contribution in [-0.2, 0) is 0 Å². The Morgan fingerprint density at radius 2 is 1.69 bits per heavy atom. The van der Waals surface area contributed by atoms with Gasteiger partial charge >= 0.3 is 0 Å². The van der Waals surface area contributed by atoms with Crippen molar-refractivity contribution in [3.63, 3.8) is 0 Å². The summed E-state index contributed by atoms with van der Waals surface area (Å²) in [6, 6.07) is 16.9. The number of nitrogens with zero attached hydrogens (tertiary/aromatic N) is 3. The highest BCUT2D eigenvalue weighted by molar-refractivity contribution is 9.10. The molecule has 2 aromatic heterocycles. The van der Waals surface area contributed by atoms with Gasteiger partial charge in [0.05, 0.1) is 5.69 Å². The van der Waals surface area contributed by atoms with Crippen LogP contribution in [0.25, 0.3) is 22.5 Å². The molecule has 2 N–H and O–H groups in total. The third kappa shape index (κ3) is 3.56. The monoisotopic (exact) mass is 425 g/mol. The van der Waals surface area contributed by atoms with Crippen LogP contribution in [0.1, 0.15) is 10.5 Å². The van der Waals surface area contributed by atoms with Gasteiger partial charge in [0.2, 0.25) is 0 Å². The summed E-state index contributed by atoms with van der Waals surface area (Å²) in [6.07, 6.45) is 0. The molecule has 0 atom stereocenters. The molecule has 0 aliphatic rings. The second-order valence-corrected chi connectivity index (χ2v) is 7.02. The lowest BCUT2D eigenvalue weighted by Crippen LogP contribution is -2.12. The average Bonchev–Trinajstić information content (AvgIpc) is 3.35. The number of anilines is 1. The highest BCUT2D eigenvalue weighted by atomic mass is 79.9. The number of hydrogen-bond donors (Lipinski definition) is 2.